The van der Waals surface area contributed by atoms with Crippen LogP contribution in [0.5, 0.6) is 0 Å². The van der Waals surface area contributed by atoms with Crippen molar-refractivity contribution in [1.82, 2.24) is 54.8 Å². The molecule has 22 heteroatoms. The van der Waals surface area contributed by atoms with Crippen LogP contribution in [0.25, 0.3) is 0 Å². The molecule has 760 valence electrons. The summed E-state index contributed by atoms with van der Waals surface area (Å²) in [7, 11) is 0. The molecule has 0 N–H and O–H groups in total. The molecule has 0 aromatic carbocycles. The van der Waals surface area contributed by atoms with Gasteiger partial charge in [0, 0.05) is 131 Å². The highest BCUT2D eigenvalue weighted by Gasteiger charge is 2.35. The maximum Gasteiger partial charge on any atom is 0.109 e. The van der Waals surface area contributed by atoms with E-state index in [0.717, 1.165) is 92.2 Å². The average molecular weight is 2620 g/mol. The Labute approximate surface area is 939 Å². The van der Waals surface area contributed by atoms with Gasteiger partial charge in [-0.2, -0.15) is 0 Å². The van der Waals surface area contributed by atoms with Crippen molar-refractivity contribution in [2.45, 2.75) is 412 Å². The summed E-state index contributed by atoms with van der Waals surface area (Å²) >= 11 is 38.8. The van der Waals surface area contributed by atoms with Crippen LogP contribution in [0.15, 0.2) is 184 Å². The van der Waals surface area contributed by atoms with Crippen molar-refractivity contribution in [3.8, 4) is 0 Å². The van der Waals surface area contributed by atoms with E-state index in [0.29, 0.717) is 65.1 Å². The van der Waals surface area contributed by atoms with E-state index in [-0.39, 0.29) is 0 Å². The Hall–Kier alpha value is -4.07. The molecule has 10 fully saturated rings. The molecule has 11 aromatic heterocycles. The zero-order chi connectivity index (χ0) is 103. The normalized spacial score (nSPS) is 16.1. The highest BCUT2D eigenvalue weighted by molar-refractivity contribution is 9.12. The predicted molar refractivity (Wildman–Crippen MR) is 631 cm³/mol. The third-order valence-corrected chi connectivity index (χ3v) is 32.7. The maximum absolute atomic E-state index is 4.69. The first-order valence-corrected chi connectivity index (χ1v) is 60.9. The van der Waals surface area contributed by atoms with Gasteiger partial charge in [0.15, 0.2) is 0 Å². The van der Waals surface area contributed by atoms with Crippen LogP contribution in [-0.4, -0.2) is 54.8 Å². The lowest BCUT2D eigenvalue weighted by Gasteiger charge is -2.12. The van der Waals surface area contributed by atoms with Crippen molar-refractivity contribution in [3.05, 3.63) is 308 Å². The summed E-state index contributed by atoms with van der Waals surface area (Å²) in [5.74, 6) is 13.6. The summed E-state index contributed by atoms with van der Waals surface area (Å²) in [6, 6.07) is 38.7. The Balaban J connectivity index is 0.000000148. The molecule has 0 atom stereocenters. The van der Waals surface area contributed by atoms with Crippen molar-refractivity contribution < 1.29 is 0 Å². The van der Waals surface area contributed by atoms with Crippen molar-refractivity contribution in [2.75, 3.05) is 0 Å². The standard InChI is InChI=1S/10C11H14BrN.C9H12BrN/c1-7(2)11-10(8-3-4-8)5-9(12)6-13-11;1-7(2)10-5-9(12)6-11(13-10)8-3-4-8;1-7(2)11-10(12)5-9(6-13-11)8-3-4-8;1-7(2)10-5-9(8-3-4-8)6-11(12)13-10;1-7(2)11-10(8-3-4-8)9(12)5-6-13-11;1-7(2)11-9(12)5-6-10(13-11)8-3-4-8;1-7(2)10-6-5-9(12)11(13-10)8-3-4-8;1-7(2)11-10(12)9(5-6-13-11)8-3-4-8;1-7(2)11-9(8-3-4-8)5-6-10(12)13-11;1-7(2)10-6-5-9(8-3-4-8)11(12)13-10;1-6(2)8-4-7(3)11-9(10)5-8/h10*5-8H,3-4H2,1-2H3;4-6H,1-3H3. The van der Waals surface area contributed by atoms with E-state index < -0.39 is 0 Å². The fourth-order valence-electron chi connectivity index (χ4n) is 16.4. The highest BCUT2D eigenvalue weighted by atomic mass is 79.9. The van der Waals surface area contributed by atoms with Crippen LogP contribution in [0.2, 0.25) is 0 Å². The summed E-state index contributed by atoms with van der Waals surface area (Å²) in [6.07, 6.45) is 34.5. The van der Waals surface area contributed by atoms with Crippen LogP contribution in [0.3, 0.4) is 0 Å². The predicted octanol–water partition coefficient (Wildman–Crippen LogP) is 41.7. The molecule has 0 radical (unpaired) electrons. The van der Waals surface area contributed by atoms with Crippen LogP contribution >= 0.6 is 175 Å². The summed E-state index contributed by atoms with van der Waals surface area (Å²) in [4.78, 5) is 49.7. The number of pyridine rings is 11. The molecule has 11 nitrogen and oxygen atoms in total. The first-order chi connectivity index (χ1) is 66.9. The van der Waals surface area contributed by atoms with Crippen LogP contribution in [0.4, 0.5) is 0 Å². The van der Waals surface area contributed by atoms with E-state index in [4.69, 9.17) is 0 Å². The molecule has 0 saturated heterocycles. The topological polar surface area (TPSA) is 142 Å². The lowest BCUT2D eigenvalue weighted by atomic mass is 10.0. The summed E-state index contributed by atoms with van der Waals surface area (Å²) < 4.78 is 12.2. The smallest absolute Gasteiger partial charge is 0.109 e. The van der Waals surface area contributed by atoms with Gasteiger partial charge in [0.05, 0.1) is 22.8 Å². The van der Waals surface area contributed by atoms with Gasteiger partial charge in [-0.15, -0.1) is 0 Å². The van der Waals surface area contributed by atoms with Gasteiger partial charge in [0.1, 0.15) is 18.4 Å². The zero-order valence-corrected chi connectivity index (χ0v) is 105. The Morgan fingerprint density at radius 2 is 0.709 bits per heavy atom. The van der Waals surface area contributed by atoms with Crippen LogP contribution in [0, 0.1) is 6.92 Å². The Morgan fingerprint density at radius 1 is 0.241 bits per heavy atom. The molecule has 11 aromatic rings. The molecule has 10 saturated carbocycles. The number of halogens is 11. The highest BCUT2D eigenvalue weighted by Crippen LogP contribution is 2.51. The second kappa shape index (κ2) is 55.6. The van der Waals surface area contributed by atoms with E-state index in [1.165, 1.54) is 269 Å². The molecule has 10 aliphatic rings. The number of hydrogen-bond acceptors (Lipinski definition) is 11. The monoisotopic (exact) mass is 2600 g/mol. The molecule has 0 spiro atoms. The second-order valence-corrected chi connectivity index (χ2v) is 52.7. The molecule has 0 unspecified atom stereocenters. The quantitative estimate of drug-likeness (QED) is 0.0635. The fourth-order valence-corrected chi connectivity index (χ4v) is 23.0. The average Bonchev–Trinajstić information content (AvgIpc) is 1.67. The minimum absolute atomic E-state index is 0.502. The van der Waals surface area contributed by atoms with Crippen molar-refractivity contribution in [2.24, 2.45) is 0 Å². The van der Waals surface area contributed by atoms with Gasteiger partial charge in [0.2, 0.25) is 0 Å². The van der Waals surface area contributed by atoms with E-state index in [1.54, 1.807) is 0 Å². The van der Waals surface area contributed by atoms with Crippen molar-refractivity contribution >= 4 is 175 Å². The first kappa shape index (κ1) is 117. The number of aryl methyl sites for hydroxylation is 1. The molecule has 21 rings (SSSR count). The minimum atomic E-state index is 0.502. The Bertz CT molecular complexity index is 5550. The molecule has 0 bridgehead atoms. The van der Waals surface area contributed by atoms with Gasteiger partial charge < -0.3 is 0 Å². The van der Waals surface area contributed by atoms with Crippen molar-refractivity contribution in [1.29, 1.82) is 0 Å². The third-order valence-electron chi connectivity index (χ3n) is 26.4. The van der Waals surface area contributed by atoms with Gasteiger partial charge in [0.25, 0.3) is 0 Å². The van der Waals surface area contributed by atoms with Crippen molar-refractivity contribution in [3.63, 3.8) is 0 Å². The van der Waals surface area contributed by atoms with E-state index in [2.05, 4.69) is 492 Å². The van der Waals surface area contributed by atoms with Gasteiger partial charge in [-0.3, -0.25) is 34.9 Å². The molecule has 141 heavy (non-hydrogen) atoms. The molecule has 11 heterocycles. The molecular weight excluding hydrogens is 2460 g/mol. The van der Waals surface area contributed by atoms with E-state index in [1.807, 2.05) is 31.7 Å². The summed E-state index contributed by atoms with van der Waals surface area (Å²) in [6.45, 7) is 50.2. The lowest BCUT2D eigenvalue weighted by Crippen LogP contribution is -1.99. The molecule has 10 aliphatic carbocycles. The largest absolute Gasteiger partial charge is 0.261 e. The number of aromatic nitrogens is 11. The molecule has 0 amide bonds. The molecular formula is C119H152Br11N11. The first-order valence-electron chi connectivity index (χ1n) is 52.1. The SMILES string of the molecule is CC(C)c1cc(Br)cc(C2CC2)n1.CC(C)c1cc(C2CC2)cc(Br)n1.CC(C)c1ccc(Br)c(C2CC2)n1.CC(C)c1ccc(C2CC2)c(Br)n1.CC(C)c1nc(Br)ccc1C1CC1.CC(C)c1nc(C2CC2)ccc1Br.CC(C)c1ncc(Br)cc1C1CC1.CC(C)c1ncc(C2CC2)cc1Br.CC(C)c1nccc(Br)c1C1CC1.CC(C)c1nccc(C2CC2)c1Br.Cc1cc(C(C)C)cc(Br)n1. The third kappa shape index (κ3) is 38.4. The van der Waals surface area contributed by atoms with E-state index >= 15 is 0 Å². The zero-order valence-electron chi connectivity index (χ0n) is 87.5. The summed E-state index contributed by atoms with van der Waals surface area (Å²) in [5.41, 5.74) is 28.5. The number of hydrogen-bond donors (Lipinski definition) is 0. The molecule has 0 aliphatic heterocycles. The van der Waals surface area contributed by atoms with Gasteiger partial charge in [-0.1, -0.05) is 196 Å². The van der Waals surface area contributed by atoms with Crippen LogP contribution in [-0.2, 0) is 0 Å². The van der Waals surface area contributed by atoms with E-state index in [9.17, 15) is 0 Å². The lowest BCUT2D eigenvalue weighted by molar-refractivity contribution is 0.793. The van der Waals surface area contributed by atoms with Gasteiger partial charge >= 0.3 is 0 Å². The van der Waals surface area contributed by atoms with Crippen LogP contribution in [0.1, 0.15) is 529 Å². The summed E-state index contributed by atoms with van der Waals surface area (Å²) in [5, 5.41) is 0. The number of rotatable bonds is 21. The fraction of sp³-hybridized carbons (Fsp3) is 0.538. The van der Waals surface area contributed by atoms with Crippen LogP contribution < -0.4 is 0 Å². The van der Waals surface area contributed by atoms with Gasteiger partial charge in [-0.05, 0) is 527 Å². The Kier molecular flexibility index (Phi) is 46.2. The second-order valence-electron chi connectivity index (χ2n) is 43.5. The van der Waals surface area contributed by atoms with Gasteiger partial charge in [-0.25, -0.2) is 19.9 Å². The maximum atomic E-state index is 4.69. The Morgan fingerprint density at radius 3 is 1.23 bits per heavy atom. The minimum Gasteiger partial charge on any atom is -0.261 e. The number of nitrogens with zero attached hydrogens (tertiary/aromatic N) is 11.